The van der Waals surface area contributed by atoms with Crippen LogP contribution in [0.25, 0.3) is 0 Å². The van der Waals surface area contributed by atoms with Gasteiger partial charge in [0.25, 0.3) is 0 Å². The Labute approximate surface area is 106 Å². The summed E-state index contributed by atoms with van der Waals surface area (Å²) in [5.41, 5.74) is 1.45. The number of hydrogen-bond donors (Lipinski definition) is 0. The molecule has 2 rings (SSSR count). The van der Waals surface area contributed by atoms with Crippen molar-refractivity contribution in [3.05, 3.63) is 16.6 Å². The molecule has 0 spiro atoms. The summed E-state index contributed by atoms with van der Waals surface area (Å²) in [6.07, 6.45) is 4.57. The minimum absolute atomic E-state index is 0.0452. The minimum atomic E-state index is -0.360. The van der Waals surface area contributed by atoms with Gasteiger partial charge in [0.1, 0.15) is 6.10 Å². The maximum Gasteiger partial charge on any atom is 0.312 e. The maximum absolute atomic E-state index is 12.0. The van der Waals surface area contributed by atoms with Gasteiger partial charge in [-0.1, -0.05) is 20.3 Å². The van der Waals surface area contributed by atoms with Crippen LogP contribution in [-0.4, -0.2) is 17.1 Å². The van der Waals surface area contributed by atoms with Crippen molar-refractivity contribution in [3.8, 4) is 0 Å². The van der Waals surface area contributed by atoms with Crippen molar-refractivity contribution in [1.29, 1.82) is 0 Å². The molecule has 2 heterocycles. The van der Waals surface area contributed by atoms with Crippen molar-refractivity contribution in [2.45, 2.75) is 46.1 Å². The molecule has 0 radical (unpaired) electrons. The Hall–Kier alpha value is -0.900. The van der Waals surface area contributed by atoms with Crippen molar-refractivity contribution < 1.29 is 9.53 Å². The van der Waals surface area contributed by atoms with Gasteiger partial charge in [-0.3, -0.25) is 9.78 Å². The number of cyclic esters (lactones) is 1. The van der Waals surface area contributed by atoms with Crippen molar-refractivity contribution in [2.75, 3.05) is 0 Å². The van der Waals surface area contributed by atoms with Gasteiger partial charge in [-0.25, -0.2) is 0 Å². The van der Waals surface area contributed by atoms with Crippen molar-refractivity contribution in [2.24, 2.45) is 11.3 Å². The SMILES string of the molecule is CCC(C)C1CC(C)(Cc2cncs2)C(=O)O1. The first-order valence-corrected chi connectivity index (χ1v) is 7.01. The molecule has 1 aromatic heterocycles. The van der Waals surface area contributed by atoms with Crippen LogP contribution in [0.5, 0.6) is 0 Å². The van der Waals surface area contributed by atoms with Crippen molar-refractivity contribution in [3.63, 3.8) is 0 Å². The fourth-order valence-electron chi connectivity index (χ4n) is 2.29. The maximum atomic E-state index is 12.0. The van der Waals surface area contributed by atoms with E-state index < -0.39 is 0 Å². The summed E-state index contributed by atoms with van der Waals surface area (Å²) >= 11 is 1.61. The van der Waals surface area contributed by atoms with Crippen LogP contribution in [0.2, 0.25) is 0 Å². The Balaban J connectivity index is 2.08. The highest BCUT2D eigenvalue weighted by molar-refractivity contribution is 7.09. The molecular formula is C13H19NO2S. The number of rotatable bonds is 4. The lowest BCUT2D eigenvalue weighted by Gasteiger charge is -2.19. The third kappa shape index (κ3) is 2.51. The van der Waals surface area contributed by atoms with Gasteiger partial charge in [-0.05, 0) is 19.3 Å². The lowest BCUT2D eigenvalue weighted by Crippen LogP contribution is -2.24. The number of thiazole rings is 1. The topological polar surface area (TPSA) is 39.2 Å². The summed E-state index contributed by atoms with van der Waals surface area (Å²) in [6.45, 7) is 6.30. The summed E-state index contributed by atoms with van der Waals surface area (Å²) in [5, 5.41) is 0. The number of carbonyl (C=O) groups excluding carboxylic acids is 1. The zero-order valence-electron chi connectivity index (χ0n) is 10.6. The predicted molar refractivity (Wildman–Crippen MR) is 67.9 cm³/mol. The van der Waals surface area contributed by atoms with Gasteiger partial charge in [0.2, 0.25) is 0 Å². The molecule has 1 fully saturated rings. The monoisotopic (exact) mass is 253 g/mol. The van der Waals surface area contributed by atoms with Crippen LogP contribution >= 0.6 is 11.3 Å². The second-order valence-electron chi connectivity index (χ2n) is 5.24. The predicted octanol–water partition coefficient (Wildman–Crippen LogP) is 3.05. The van der Waals surface area contributed by atoms with Crippen LogP contribution in [0.3, 0.4) is 0 Å². The smallest absolute Gasteiger partial charge is 0.312 e. The molecule has 4 heteroatoms. The molecule has 94 valence electrons. The fraction of sp³-hybridized carbons (Fsp3) is 0.692. The van der Waals surface area contributed by atoms with E-state index in [1.54, 1.807) is 11.3 Å². The first-order valence-electron chi connectivity index (χ1n) is 6.13. The van der Waals surface area contributed by atoms with Crippen LogP contribution in [0.4, 0.5) is 0 Å². The average molecular weight is 253 g/mol. The molecule has 0 amide bonds. The first kappa shape index (κ1) is 12.6. The summed E-state index contributed by atoms with van der Waals surface area (Å²) < 4.78 is 5.52. The molecule has 1 aliphatic heterocycles. The molecule has 3 atom stereocenters. The third-order valence-corrected chi connectivity index (χ3v) is 4.51. The summed E-state index contributed by atoms with van der Waals surface area (Å²) in [7, 11) is 0. The Morgan fingerprint density at radius 2 is 2.47 bits per heavy atom. The summed E-state index contributed by atoms with van der Waals surface area (Å²) in [6, 6.07) is 0. The Bertz CT molecular complexity index is 390. The molecule has 3 unspecified atom stereocenters. The minimum Gasteiger partial charge on any atom is -0.462 e. The van der Waals surface area contributed by atoms with Gasteiger partial charge in [-0.2, -0.15) is 0 Å². The van der Waals surface area contributed by atoms with E-state index in [4.69, 9.17) is 4.74 Å². The largest absolute Gasteiger partial charge is 0.462 e. The van der Waals surface area contributed by atoms with E-state index in [0.717, 1.165) is 24.1 Å². The van der Waals surface area contributed by atoms with Crippen molar-refractivity contribution in [1.82, 2.24) is 4.98 Å². The Morgan fingerprint density at radius 1 is 1.71 bits per heavy atom. The van der Waals surface area contributed by atoms with E-state index in [1.807, 2.05) is 18.6 Å². The zero-order chi connectivity index (χ0) is 12.5. The number of nitrogens with zero attached hydrogens (tertiary/aromatic N) is 1. The number of ether oxygens (including phenoxy) is 1. The molecule has 0 aliphatic carbocycles. The second-order valence-corrected chi connectivity index (χ2v) is 6.21. The van der Waals surface area contributed by atoms with Gasteiger partial charge in [0.05, 0.1) is 10.9 Å². The number of esters is 1. The Kier molecular flexibility index (Phi) is 3.52. The number of aromatic nitrogens is 1. The molecule has 0 saturated carbocycles. The molecule has 1 aliphatic rings. The molecule has 3 nitrogen and oxygen atoms in total. The normalized spacial score (nSPS) is 30.3. The molecule has 1 aromatic rings. The molecule has 0 N–H and O–H groups in total. The van der Waals surface area contributed by atoms with Gasteiger partial charge in [0.15, 0.2) is 0 Å². The van der Waals surface area contributed by atoms with Crippen LogP contribution in [0.15, 0.2) is 11.7 Å². The van der Waals surface area contributed by atoms with E-state index in [1.165, 1.54) is 0 Å². The van der Waals surface area contributed by atoms with Gasteiger partial charge in [0, 0.05) is 17.5 Å². The molecule has 0 bridgehead atoms. The average Bonchev–Trinajstić information content (AvgIpc) is 2.88. The van der Waals surface area contributed by atoms with Crippen LogP contribution < -0.4 is 0 Å². The van der Waals surface area contributed by atoms with Crippen LogP contribution in [0.1, 0.15) is 38.5 Å². The van der Waals surface area contributed by atoms with E-state index in [9.17, 15) is 4.79 Å². The number of carbonyl (C=O) groups is 1. The van der Waals surface area contributed by atoms with E-state index in [-0.39, 0.29) is 17.5 Å². The standard InChI is InChI=1S/C13H19NO2S/c1-4-9(2)11-6-13(3,12(15)16-11)5-10-7-14-8-17-10/h7-9,11H,4-6H2,1-3H3. The highest BCUT2D eigenvalue weighted by atomic mass is 32.1. The van der Waals surface area contributed by atoms with E-state index >= 15 is 0 Å². The number of hydrogen-bond acceptors (Lipinski definition) is 4. The van der Waals surface area contributed by atoms with Crippen LogP contribution in [-0.2, 0) is 16.0 Å². The summed E-state index contributed by atoms with van der Waals surface area (Å²) in [5.74, 6) is 0.401. The van der Waals surface area contributed by atoms with Crippen molar-refractivity contribution >= 4 is 17.3 Å². The van der Waals surface area contributed by atoms with Gasteiger partial charge >= 0.3 is 5.97 Å². The zero-order valence-corrected chi connectivity index (χ0v) is 11.4. The van der Waals surface area contributed by atoms with Gasteiger partial charge in [-0.15, -0.1) is 11.3 Å². The second kappa shape index (κ2) is 4.77. The van der Waals surface area contributed by atoms with E-state index in [2.05, 4.69) is 18.8 Å². The summed E-state index contributed by atoms with van der Waals surface area (Å²) in [4.78, 5) is 17.2. The highest BCUT2D eigenvalue weighted by Gasteiger charge is 2.46. The van der Waals surface area contributed by atoms with Crippen LogP contribution in [0, 0.1) is 11.3 Å². The third-order valence-electron chi connectivity index (χ3n) is 3.73. The molecule has 17 heavy (non-hydrogen) atoms. The Morgan fingerprint density at radius 3 is 3.06 bits per heavy atom. The molecular weight excluding hydrogens is 234 g/mol. The van der Waals surface area contributed by atoms with Gasteiger partial charge < -0.3 is 4.74 Å². The highest BCUT2D eigenvalue weighted by Crippen LogP contribution is 2.40. The quantitative estimate of drug-likeness (QED) is 0.774. The molecule has 1 saturated heterocycles. The fourth-order valence-corrected chi connectivity index (χ4v) is 3.07. The lowest BCUT2D eigenvalue weighted by atomic mass is 9.81. The molecule has 0 aromatic carbocycles. The lowest BCUT2D eigenvalue weighted by molar-refractivity contribution is -0.149. The first-order chi connectivity index (χ1) is 8.05. The van der Waals surface area contributed by atoms with E-state index in [0.29, 0.717) is 5.92 Å².